The van der Waals surface area contributed by atoms with Crippen molar-refractivity contribution in [2.45, 2.75) is 31.9 Å². The van der Waals surface area contributed by atoms with Crippen molar-refractivity contribution < 1.29 is 22.3 Å². The molecular formula is C21H26F4N4O. The van der Waals surface area contributed by atoms with E-state index in [0.29, 0.717) is 24.9 Å². The van der Waals surface area contributed by atoms with Gasteiger partial charge in [0.1, 0.15) is 11.6 Å². The topological polar surface area (TPSA) is 77.4 Å². The Hall–Kier alpha value is -2.55. The zero-order valence-electron chi connectivity index (χ0n) is 17.0. The molecule has 3 rings (SSSR count). The number of methoxy groups -OCH3 is 1. The molecule has 0 bridgehead atoms. The molecule has 164 valence electrons. The maximum atomic E-state index is 13.9. The molecule has 0 spiro atoms. The molecule has 0 atom stereocenters. The summed E-state index contributed by atoms with van der Waals surface area (Å²) >= 11 is 0. The van der Waals surface area contributed by atoms with Gasteiger partial charge in [-0.05, 0) is 37.1 Å². The summed E-state index contributed by atoms with van der Waals surface area (Å²) in [6.45, 7) is 1.24. The Labute approximate surface area is 173 Å². The minimum atomic E-state index is -4.68. The summed E-state index contributed by atoms with van der Waals surface area (Å²) in [6, 6.07) is 3.86. The fourth-order valence-electron chi connectivity index (χ4n) is 4.29. The number of nitrogens with zero attached hydrogens (tertiary/aromatic N) is 2. The van der Waals surface area contributed by atoms with Gasteiger partial charge in [0, 0.05) is 31.7 Å². The zero-order chi connectivity index (χ0) is 22.1. The minimum Gasteiger partial charge on any atom is -0.394 e. The minimum absolute atomic E-state index is 0.0145. The van der Waals surface area contributed by atoms with E-state index >= 15 is 0 Å². The second-order valence-electron chi connectivity index (χ2n) is 8.05. The number of hydrogen-bond donors (Lipinski definition) is 2. The Balaban J connectivity index is 2.00. The third-order valence-electron chi connectivity index (χ3n) is 5.69. The summed E-state index contributed by atoms with van der Waals surface area (Å²) in [4.78, 5) is 6.02. The average Bonchev–Trinajstić information content (AvgIpc) is 3.10. The lowest BCUT2D eigenvalue weighted by molar-refractivity contribution is -0.137. The Kier molecular flexibility index (Phi) is 6.12. The number of nitrogens with two attached hydrogens (primary N) is 2. The highest BCUT2D eigenvalue weighted by atomic mass is 19.4. The van der Waals surface area contributed by atoms with E-state index in [1.165, 1.54) is 0 Å². The monoisotopic (exact) mass is 426 g/mol. The molecule has 9 heteroatoms. The standard InChI is InChI=1S/C21H26F4N4O/c1-29(11-20(12-30-2)5-3-4-6-20)17-10-16(28-19(27)18(17)26)13-7-14(21(23,24)25)9-15(22)8-13/h7-10H,3-6,11-12,26H2,1-2H3,(H2,27,28). The molecule has 0 unspecified atom stereocenters. The number of pyridine rings is 1. The van der Waals surface area contributed by atoms with Crippen LogP contribution in [0.4, 0.5) is 34.8 Å². The van der Waals surface area contributed by atoms with Crippen LogP contribution < -0.4 is 16.4 Å². The highest BCUT2D eigenvalue weighted by Crippen LogP contribution is 2.41. The van der Waals surface area contributed by atoms with Crippen LogP contribution in [0.5, 0.6) is 0 Å². The molecule has 1 saturated carbocycles. The van der Waals surface area contributed by atoms with Gasteiger partial charge in [-0.3, -0.25) is 0 Å². The number of ether oxygens (including phenoxy) is 1. The van der Waals surface area contributed by atoms with E-state index in [2.05, 4.69) is 4.98 Å². The normalized spacial score (nSPS) is 16.1. The van der Waals surface area contributed by atoms with Crippen molar-refractivity contribution in [1.82, 2.24) is 4.98 Å². The number of aromatic nitrogens is 1. The van der Waals surface area contributed by atoms with Crippen molar-refractivity contribution in [2.24, 2.45) is 5.41 Å². The zero-order valence-corrected chi connectivity index (χ0v) is 17.0. The highest BCUT2D eigenvalue weighted by Gasteiger charge is 2.36. The van der Waals surface area contributed by atoms with Crippen molar-refractivity contribution in [2.75, 3.05) is 43.7 Å². The van der Waals surface area contributed by atoms with Crippen LogP contribution in [0.2, 0.25) is 0 Å². The van der Waals surface area contributed by atoms with Gasteiger partial charge in [-0.25, -0.2) is 9.37 Å². The van der Waals surface area contributed by atoms with E-state index in [1.807, 2.05) is 11.9 Å². The summed E-state index contributed by atoms with van der Waals surface area (Å²) in [7, 11) is 3.51. The molecule has 5 nitrogen and oxygen atoms in total. The number of halogens is 4. The predicted octanol–water partition coefficient (Wildman–Crippen LogP) is 4.71. The molecule has 0 aliphatic heterocycles. The molecule has 0 radical (unpaired) electrons. The number of nitrogen functional groups attached to an aromatic ring is 2. The molecule has 0 amide bonds. The summed E-state index contributed by atoms with van der Waals surface area (Å²) in [5, 5.41) is 0. The molecule has 1 aliphatic rings. The van der Waals surface area contributed by atoms with E-state index in [0.717, 1.165) is 37.8 Å². The van der Waals surface area contributed by atoms with Gasteiger partial charge in [-0.2, -0.15) is 13.2 Å². The summed E-state index contributed by atoms with van der Waals surface area (Å²) in [6.07, 6.45) is -0.431. The number of rotatable bonds is 6. The third-order valence-corrected chi connectivity index (χ3v) is 5.69. The largest absolute Gasteiger partial charge is 0.416 e. The van der Waals surface area contributed by atoms with Crippen LogP contribution >= 0.6 is 0 Å². The molecule has 30 heavy (non-hydrogen) atoms. The van der Waals surface area contributed by atoms with Gasteiger partial charge >= 0.3 is 6.18 Å². The molecule has 1 fully saturated rings. The SMILES string of the molecule is COCC1(CN(C)c2cc(-c3cc(F)cc(C(F)(F)F)c3)nc(N)c2N)CCCC1. The van der Waals surface area contributed by atoms with Gasteiger partial charge in [-0.15, -0.1) is 0 Å². The fourth-order valence-corrected chi connectivity index (χ4v) is 4.29. The van der Waals surface area contributed by atoms with Gasteiger partial charge in [0.05, 0.1) is 29.2 Å². The first-order chi connectivity index (χ1) is 14.0. The lowest BCUT2D eigenvalue weighted by atomic mass is 9.86. The first-order valence-electron chi connectivity index (χ1n) is 9.69. The first-order valence-corrected chi connectivity index (χ1v) is 9.69. The number of benzene rings is 1. The molecule has 1 aliphatic carbocycles. The van der Waals surface area contributed by atoms with Gasteiger partial charge in [0.15, 0.2) is 0 Å². The van der Waals surface area contributed by atoms with Gasteiger partial charge in [0.2, 0.25) is 0 Å². The first kappa shape index (κ1) is 22.1. The van der Waals surface area contributed by atoms with Gasteiger partial charge in [-0.1, -0.05) is 12.8 Å². The van der Waals surface area contributed by atoms with Crippen molar-refractivity contribution in [3.8, 4) is 11.3 Å². The molecule has 1 aromatic heterocycles. The molecule has 2 aromatic rings. The van der Waals surface area contributed by atoms with E-state index in [9.17, 15) is 17.6 Å². The van der Waals surface area contributed by atoms with E-state index in [1.54, 1.807) is 13.2 Å². The second-order valence-corrected chi connectivity index (χ2v) is 8.05. The smallest absolute Gasteiger partial charge is 0.394 e. The average molecular weight is 426 g/mol. The Morgan fingerprint density at radius 3 is 2.40 bits per heavy atom. The summed E-state index contributed by atoms with van der Waals surface area (Å²) in [5.74, 6) is -1.02. The van der Waals surface area contributed by atoms with Crippen LogP contribution in [-0.2, 0) is 10.9 Å². The molecule has 4 N–H and O–H groups in total. The van der Waals surface area contributed by atoms with Crippen LogP contribution in [0, 0.1) is 11.2 Å². The maximum Gasteiger partial charge on any atom is 0.416 e. The number of alkyl halides is 3. The molecular weight excluding hydrogens is 400 g/mol. The van der Waals surface area contributed by atoms with Crippen molar-refractivity contribution >= 4 is 17.2 Å². The fraction of sp³-hybridized carbons (Fsp3) is 0.476. The van der Waals surface area contributed by atoms with E-state index in [-0.39, 0.29) is 28.2 Å². The Bertz CT molecular complexity index is 911. The van der Waals surface area contributed by atoms with Crippen molar-refractivity contribution in [3.05, 3.63) is 35.6 Å². The van der Waals surface area contributed by atoms with Gasteiger partial charge < -0.3 is 21.1 Å². The van der Waals surface area contributed by atoms with Crippen LogP contribution in [0.25, 0.3) is 11.3 Å². The van der Waals surface area contributed by atoms with E-state index in [4.69, 9.17) is 16.2 Å². The quantitative estimate of drug-likeness (QED) is 0.654. The van der Waals surface area contributed by atoms with Crippen LogP contribution in [0.15, 0.2) is 24.3 Å². The Morgan fingerprint density at radius 1 is 1.13 bits per heavy atom. The summed E-state index contributed by atoms with van der Waals surface area (Å²) < 4.78 is 58.6. The van der Waals surface area contributed by atoms with Crippen molar-refractivity contribution in [1.29, 1.82) is 0 Å². The van der Waals surface area contributed by atoms with Gasteiger partial charge in [0.25, 0.3) is 0 Å². The Morgan fingerprint density at radius 2 is 1.80 bits per heavy atom. The predicted molar refractivity (Wildman–Crippen MR) is 110 cm³/mol. The van der Waals surface area contributed by atoms with Crippen LogP contribution in [-0.4, -0.2) is 32.3 Å². The highest BCUT2D eigenvalue weighted by molar-refractivity contribution is 5.82. The van der Waals surface area contributed by atoms with Crippen LogP contribution in [0.3, 0.4) is 0 Å². The second kappa shape index (κ2) is 8.29. The lowest BCUT2D eigenvalue weighted by Crippen LogP contribution is -2.37. The molecule has 1 heterocycles. The van der Waals surface area contributed by atoms with Crippen LogP contribution in [0.1, 0.15) is 31.2 Å². The number of anilines is 3. The lowest BCUT2D eigenvalue weighted by Gasteiger charge is -2.34. The molecule has 1 aromatic carbocycles. The van der Waals surface area contributed by atoms with Crippen molar-refractivity contribution in [3.63, 3.8) is 0 Å². The molecule has 0 saturated heterocycles. The van der Waals surface area contributed by atoms with E-state index < -0.39 is 17.6 Å². The third kappa shape index (κ3) is 4.61. The number of hydrogen-bond acceptors (Lipinski definition) is 5. The maximum absolute atomic E-state index is 13.9. The summed E-state index contributed by atoms with van der Waals surface area (Å²) in [5.41, 5.74) is 11.9.